The number of nitrogens with zero attached hydrogens (tertiary/aromatic N) is 1. The van der Waals surface area contributed by atoms with Crippen molar-refractivity contribution in [2.75, 3.05) is 0 Å². The van der Waals surface area contributed by atoms with Crippen LogP contribution in [0.25, 0.3) is 11.3 Å². The molecule has 1 unspecified atom stereocenters. The van der Waals surface area contributed by atoms with Gasteiger partial charge in [-0.3, -0.25) is 0 Å². The average molecular weight is 296 g/mol. The van der Waals surface area contributed by atoms with Gasteiger partial charge in [0.05, 0.1) is 27.5 Å². The number of hydrogen-bond donors (Lipinski definition) is 2. The van der Waals surface area contributed by atoms with E-state index in [1.165, 1.54) is 12.8 Å². The molecule has 1 atom stereocenters. The third-order valence-corrected chi connectivity index (χ3v) is 4.57. The Bertz CT molecular complexity index is 615. The third-order valence-electron chi connectivity index (χ3n) is 3.75. The van der Waals surface area contributed by atoms with Gasteiger partial charge in [-0.05, 0) is 31.7 Å². The van der Waals surface area contributed by atoms with Crippen LogP contribution in [0.1, 0.15) is 25.6 Å². The van der Waals surface area contributed by atoms with Crippen molar-refractivity contribution in [3.63, 3.8) is 0 Å². The molecule has 1 aromatic carbocycles. The summed E-state index contributed by atoms with van der Waals surface area (Å²) in [5.74, 6) is 1.32. The molecule has 5 heteroatoms. The van der Waals surface area contributed by atoms with E-state index in [0.717, 1.165) is 17.1 Å². The lowest BCUT2D eigenvalue weighted by Gasteiger charge is -2.21. The van der Waals surface area contributed by atoms with E-state index in [9.17, 15) is 0 Å². The van der Waals surface area contributed by atoms with E-state index in [2.05, 4.69) is 9.97 Å². The van der Waals surface area contributed by atoms with Crippen LogP contribution >= 0.6 is 23.2 Å². The number of nitrogens with one attached hydrogen (secondary N) is 1. The van der Waals surface area contributed by atoms with Crippen molar-refractivity contribution in [1.29, 1.82) is 0 Å². The molecule has 0 saturated heterocycles. The van der Waals surface area contributed by atoms with E-state index in [1.54, 1.807) is 12.3 Å². The highest BCUT2D eigenvalue weighted by molar-refractivity contribution is 6.43. The number of hydrogen-bond acceptors (Lipinski definition) is 2. The Labute approximate surface area is 122 Å². The highest BCUT2D eigenvalue weighted by Gasteiger charge is 2.41. The molecule has 0 spiro atoms. The fourth-order valence-corrected chi connectivity index (χ4v) is 2.72. The summed E-state index contributed by atoms with van der Waals surface area (Å²) in [6, 6.07) is 5.55. The number of aromatic amines is 1. The zero-order valence-corrected chi connectivity index (χ0v) is 12.1. The van der Waals surface area contributed by atoms with Crippen molar-refractivity contribution in [2.24, 2.45) is 11.7 Å². The average Bonchev–Trinajstić information content (AvgIpc) is 3.12. The summed E-state index contributed by atoms with van der Waals surface area (Å²) in [6.07, 6.45) is 4.10. The second-order valence-electron chi connectivity index (χ2n) is 5.30. The Kier molecular flexibility index (Phi) is 3.08. The first-order chi connectivity index (χ1) is 9.00. The minimum absolute atomic E-state index is 0.400. The quantitative estimate of drug-likeness (QED) is 0.900. The van der Waals surface area contributed by atoms with E-state index < -0.39 is 5.54 Å². The molecule has 3 nitrogen and oxygen atoms in total. The molecule has 1 heterocycles. The minimum atomic E-state index is -0.400. The van der Waals surface area contributed by atoms with E-state index >= 15 is 0 Å². The van der Waals surface area contributed by atoms with Crippen LogP contribution in [0.4, 0.5) is 0 Å². The summed E-state index contributed by atoms with van der Waals surface area (Å²) in [6.45, 7) is 2.02. The molecule has 0 radical (unpaired) electrons. The first-order valence-corrected chi connectivity index (χ1v) is 7.04. The topological polar surface area (TPSA) is 54.7 Å². The lowest BCUT2D eigenvalue weighted by atomic mass is 9.97. The largest absolute Gasteiger partial charge is 0.340 e. The second kappa shape index (κ2) is 4.51. The number of rotatable bonds is 3. The Balaban J connectivity index is 1.99. The van der Waals surface area contributed by atoms with Gasteiger partial charge in [0, 0.05) is 5.56 Å². The molecular formula is C14H15Cl2N3. The van der Waals surface area contributed by atoms with Gasteiger partial charge >= 0.3 is 0 Å². The smallest absolute Gasteiger partial charge is 0.126 e. The normalized spacial score (nSPS) is 18.3. The Morgan fingerprint density at radius 2 is 2.11 bits per heavy atom. The standard InChI is InChI=1S/C14H15Cl2N3/c1-14(17,8-5-6-8)13-18-7-11(19-13)9-3-2-4-10(15)12(9)16/h2-4,7-8H,5-6,17H2,1H3,(H,18,19). The molecule has 2 aromatic rings. The van der Waals surface area contributed by atoms with Crippen LogP contribution in [0.5, 0.6) is 0 Å². The van der Waals surface area contributed by atoms with Gasteiger partial charge < -0.3 is 10.7 Å². The Morgan fingerprint density at radius 1 is 1.37 bits per heavy atom. The third kappa shape index (κ3) is 2.27. The van der Waals surface area contributed by atoms with Crippen molar-refractivity contribution in [2.45, 2.75) is 25.3 Å². The molecule has 0 bridgehead atoms. The van der Waals surface area contributed by atoms with Crippen molar-refractivity contribution in [1.82, 2.24) is 9.97 Å². The minimum Gasteiger partial charge on any atom is -0.340 e. The maximum absolute atomic E-state index is 6.35. The van der Waals surface area contributed by atoms with Crippen molar-refractivity contribution in [3.8, 4) is 11.3 Å². The maximum atomic E-state index is 6.35. The Morgan fingerprint density at radius 3 is 2.79 bits per heavy atom. The first kappa shape index (κ1) is 13.0. The van der Waals surface area contributed by atoms with Gasteiger partial charge in [-0.25, -0.2) is 4.98 Å². The van der Waals surface area contributed by atoms with Gasteiger partial charge in [0.2, 0.25) is 0 Å². The lowest BCUT2D eigenvalue weighted by Crippen LogP contribution is -2.36. The SMILES string of the molecule is CC(N)(c1ncc(-c2cccc(Cl)c2Cl)[nH]1)C1CC1. The molecular weight excluding hydrogens is 281 g/mol. The lowest BCUT2D eigenvalue weighted by molar-refractivity contribution is 0.404. The van der Waals surface area contributed by atoms with Gasteiger partial charge in [0.15, 0.2) is 0 Å². The van der Waals surface area contributed by atoms with E-state index in [0.29, 0.717) is 16.0 Å². The predicted molar refractivity (Wildman–Crippen MR) is 78.3 cm³/mol. The van der Waals surface area contributed by atoms with Crippen molar-refractivity contribution < 1.29 is 0 Å². The molecule has 0 amide bonds. The summed E-state index contributed by atoms with van der Waals surface area (Å²) in [5, 5.41) is 1.07. The fraction of sp³-hybridized carbons (Fsp3) is 0.357. The molecule has 100 valence electrons. The number of halogens is 2. The highest BCUT2D eigenvalue weighted by atomic mass is 35.5. The van der Waals surface area contributed by atoms with E-state index in [4.69, 9.17) is 28.9 Å². The van der Waals surface area contributed by atoms with Crippen LogP contribution in [0.2, 0.25) is 10.0 Å². The van der Waals surface area contributed by atoms with Crippen LogP contribution in [-0.2, 0) is 5.54 Å². The van der Waals surface area contributed by atoms with Crippen LogP contribution in [0.3, 0.4) is 0 Å². The highest BCUT2D eigenvalue weighted by Crippen LogP contribution is 2.43. The number of nitrogens with two attached hydrogens (primary N) is 1. The summed E-state index contributed by atoms with van der Waals surface area (Å²) < 4.78 is 0. The molecule has 1 saturated carbocycles. The van der Waals surface area contributed by atoms with Crippen LogP contribution in [-0.4, -0.2) is 9.97 Å². The van der Waals surface area contributed by atoms with Crippen LogP contribution < -0.4 is 5.73 Å². The molecule has 1 aromatic heterocycles. The number of aromatic nitrogens is 2. The predicted octanol–water partition coefficient (Wildman–Crippen LogP) is 3.97. The molecule has 19 heavy (non-hydrogen) atoms. The monoisotopic (exact) mass is 295 g/mol. The number of benzene rings is 1. The zero-order chi connectivity index (χ0) is 13.6. The summed E-state index contributed by atoms with van der Waals surface area (Å²) in [5.41, 5.74) is 7.64. The van der Waals surface area contributed by atoms with Crippen LogP contribution in [0.15, 0.2) is 24.4 Å². The fourth-order valence-electron chi connectivity index (χ4n) is 2.32. The summed E-state index contributed by atoms with van der Waals surface area (Å²) >= 11 is 12.2. The molecule has 1 aliphatic carbocycles. The molecule has 3 N–H and O–H groups in total. The second-order valence-corrected chi connectivity index (χ2v) is 6.09. The first-order valence-electron chi connectivity index (χ1n) is 6.29. The Hall–Kier alpha value is -1.03. The zero-order valence-electron chi connectivity index (χ0n) is 10.6. The van der Waals surface area contributed by atoms with Gasteiger partial charge in [0.1, 0.15) is 5.82 Å². The molecule has 1 aliphatic rings. The molecule has 3 rings (SSSR count). The van der Waals surface area contributed by atoms with Crippen molar-refractivity contribution in [3.05, 3.63) is 40.3 Å². The molecule has 0 aliphatic heterocycles. The summed E-state index contributed by atoms with van der Waals surface area (Å²) in [4.78, 5) is 7.69. The van der Waals surface area contributed by atoms with Gasteiger partial charge in [0.25, 0.3) is 0 Å². The van der Waals surface area contributed by atoms with E-state index in [-0.39, 0.29) is 0 Å². The van der Waals surface area contributed by atoms with Gasteiger partial charge in [-0.2, -0.15) is 0 Å². The number of imidazole rings is 1. The summed E-state index contributed by atoms with van der Waals surface area (Å²) in [7, 11) is 0. The van der Waals surface area contributed by atoms with Gasteiger partial charge in [-0.1, -0.05) is 35.3 Å². The van der Waals surface area contributed by atoms with Crippen LogP contribution in [0, 0.1) is 5.92 Å². The molecule has 1 fully saturated rings. The number of H-pyrrole nitrogens is 1. The van der Waals surface area contributed by atoms with Crippen molar-refractivity contribution >= 4 is 23.2 Å². The maximum Gasteiger partial charge on any atom is 0.126 e. The van der Waals surface area contributed by atoms with E-state index in [1.807, 2.05) is 19.1 Å². The van der Waals surface area contributed by atoms with Gasteiger partial charge in [-0.15, -0.1) is 0 Å².